The SMILES string of the molecule is CC(NC(=O)c1ccc(Br)s1)C(=O)Nc1ccc(N2CCCCC2)nc1. The summed E-state index contributed by atoms with van der Waals surface area (Å²) in [6.07, 6.45) is 5.32. The van der Waals surface area contributed by atoms with Gasteiger partial charge in [-0.25, -0.2) is 4.98 Å². The van der Waals surface area contributed by atoms with E-state index in [1.807, 2.05) is 12.1 Å². The van der Waals surface area contributed by atoms with E-state index in [0.29, 0.717) is 10.6 Å². The number of amides is 2. The number of pyridine rings is 1. The van der Waals surface area contributed by atoms with Crippen LogP contribution in [-0.4, -0.2) is 35.9 Å². The third kappa shape index (κ3) is 4.82. The minimum absolute atomic E-state index is 0.262. The van der Waals surface area contributed by atoms with Crippen molar-refractivity contribution in [2.45, 2.75) is 32.2 Å². The lowest BCUT2D eigenvalue weighted by atomic mass is 10.1. The molecule has 1 unspecified atom stereocenters. The van der Waals surface area contributed by atoms with Crippen LogP contribution in [0.5, 0.6) is 0 Å². The van der Waals surface area contributed by atoms with E-state index < -0.39 is 6.04 Å². The average Bonchev–Trinajstić information content (AvgIpc) is 3.09. The summed E-state index contributed by atoms with van der Waals surface area (Å²) < 4.78 is 0.875. The molecule has 0 saturated carbocycles. The topological polar surface area (TPSA) is 74.3 Å². The molecule has 2 N–H and O–H groups in total. The molecular weight excluding hydrogens is 416 g/mol. The van der Waals surface area contributed by atoms with Gasteiger partial charge in [-0.1, -0.05) is 0 Å². The Balaban J connectivity index is 1.54. The van der Waals surface area contributed by atoms with Crippen LogP contribution in [0.2, 0.25) is 0 Å². The van der Waals surface area contributed by atoms with E-state index in [1.54, 1.807) is 25.3 Å². The zero-order valence-corrected chi connectivity index (χ0v) is 16.9. The quantitative estimate of drug-likeness (QED) is 0.749. The van der Waals surface area contributed by atoms with Crippen LogP contribution >= 0.6 is 27.3 Å². The van der Waals surface area contributed by atoms with E-state index in [4.69, 9.17) is 0 Å². The second kappa shape index (κ2) is 8.64. The maximum Gasteiger partial charge on any atom is 0.262 e. The van der Waals surface area contributed by atoms with Crippen molar-refractivity contribution in [3.63, 3.8) is 0 Å². The Bertz CT molecular complexity index is 772. The van der Waals surface area contributed by atoms with Crippen LogP contribution in [0.1, 0.15) is 35.9 Å². The van der Waals surface area contributed by atoms with Gasteiger partial charge in [0, 0.05) is 13.1 Å². The predicted octanol–water partition coefficient (Wildman–Crippen LogP) is 3.65. The van der Waals surface area contributed by atoms with Crippen molar-refractivity contribution < 1.29 is 9.59 Å². The molecule has 3 rings (SSSR count). The fourth-order valence-electron chi connectivity index (χ4n) is 2.79. The van der Waals surface area contributed by atoms with Crippen molar-refractivity contribution in [2.75, 3.05) is 23.3 Å². The molecule has 1 saturated heterocycles. The summed E-state index contributed by atoms with van der Waals surface area (Å²) in [6.45, 7) is 3.71. The molecule has 1 fully saturated rings. The van der Waals surface area contributed by atoms with Crippen molar-refractivity contribution in [1.82, 2.24) is 10.3 Å². The van der Waals surface area contributed by atoms with Gasteiger partial charge in [0.15, 0.2) is 0 Å². The summed E-state index contributed by atoms with van der Waals surface area (Å²) >= 11 is 4.65. The van der Waals surface area contributed by atoms with E-state index in [0.717, 1.165) is 22.7 Å². The number of nitrogens with one attached hydrogen (secondary N) is 2. The van der Waals surface area contributed by atoms with Crippen LogP contribution in [0.3, 0.4) is 0 Å². The van der Waals surface area contributed by atoms with Gasteiger partial charge in [-0.15, -0.1) is 11.3 Å². The molecule has 2 aromatic rings. The number of rotatable bonds is 5. The molecule has 1 atom stereocenters. The van der Waals surface area contributed by atoms with Crippen molar-refractivity contribution in [2.24, 2.45) is 0 Å². The van der Waals surface area contributed by atoms with Gasteiger partial charge < -0.3 is 15.5 Å². The lowest BCUT2D eigenvalue weighted by Crippen LogP contribution is -2.41. The highest BCUT2D eigenvalue weighted by atomic mass is 79.9. The molecule has 0 bridgehead atoms. The molecular formula is C18H21BrN4O2S. The fraction of sp³-hybridized carbons (Fsp3) is 0.389. The van der Waals surface area contributed by atoms with Crippen LogP contribution in [0.25, 0.3) is 0 Å². The van der Waals surface area contributed by atoms with E-state index in [1.165, 1.54) is 30.6 Å². The molecule has 1 aliphatic rings. The second-order valence-electron chi connectivity index (χ2n) is 6.24. The van der Waals surface area contributed by atoms with Crippen molar-refractivity contribution in [1.29, 1.82) is 0 Å². The van der Waals surface area contributed by atoms with Crippen LogP contribution in [0, 0.1) is 0 Å². The molecule has 26 heavy (non-hydrogen) atoms. The van der Waals surface area contributed by atoms with Gasteiger partial charge in [0.25, 0.3) is 5.91 Å². The Morgan fingerprint density at radius 3 is 2.58 bits per heavy atom. The minimum Gasteiger partial charge on any atom is -0.357 e. The zero-order chi connectivity index (χ0) is 18.5. The zero-order valence-electron chi connectivity index (χ0n) is 14.5. The molecule has 0 aliphatic carbocycles. The number of aromatic nitrogens is 1. The van der Waals surface area contributed by atoms with Gasteiger partial charge in [0.1, 0.15) is 11.9 Å². The average molecular weight is 437 g/mol. The van der Waals surface area contributed by atoms with Gasteiger partial charge in [0.2, 0.25) is 5.91 Å². The van der Waals surface area contributed by atoms with E-state index >= 15 is 0 Å². The van der Waals surface area contributed by atoms with Gasteiger partial charge in [-0.3, -0.25) is 9.59 Å². The number of hydrogen-bond donors (Lipinski definition) is 2. The number of carbonyl (C=O) groups is 2. The number of hydrogen-bond acceptors (Lipinski definition) is 5. The lowest BCUT2D eigenvalue weighted by molar-refractivity contribution is -0.117. The second-order valence-corrected chi connectivity index (χ2v) is 8.70. The Hall–Kier alpha value is -1.93. The maximum absolute atomic E-state index is 12.3. The number of piperidine rings is 1. The van der Waals surface area contributed by atoms with E-state index in [9.17, 15) is 9.59 Å². The molecule has 0 spiro atoms. The van der Waals surface area contributed by atoms with Crippen molar-refractivity contribution in [3.8, 4) is 0 Å². The van der Waals surface area contributed by atoms with Crippen LogP contribution < -0.4 is 15.5 Å². The number of carbonyl (C=O) groups excluding carboxylic acids is 2. The molecule has 8 heteroatoms. The number of halogens is 1. The molecule has 138 valence electrons. The third-order valence-corrected chi connectivity index (χ3v) is 5.86. The Labute approximate surface area is 165 Å². The first-order chi connectivity index (χ1) is 12.5. The minimum atomic E-state index is -0.648. The van der Waals surface area contributed by atoms with Crippen LogP contribution in [-0.2, 0) is 4.79 Å². The molecule has 2 aromatic heterocycles. The molecule has 2 amide bonds. The summed E-state index contributed by atoms with van der Waals surface area (Å²) in [5.74, 6) is 0.399. The summed E-state index contributed by atoms with van der Waals surface area (Å²) in [5.41, 5.74) is 0.621. The summed E-state index contributed by atoms with van der Waals surface area (Å²) in [4.78, 5) is 31.7. The summed E-state index contributed by atoms with van der Waals surface area (Å²) in [5, 5.41) is 5.50. The van der Waals surface area contributed by atoms with Gasteiger partial charge in [-0.2, -0.15) is 0 Å². The predicted molar refractivity (Wildman–Crippen MR) is 108 cm³/mol. The first kappa shape index (κ1) is 18.8. The molecule has 6 nitrogen and oxygen atoms in total. The molecule has 3 heterocycles. The van der Waals surface area contributed by atoms with E-state index in [2.05, 4.69) is 36.4 Å². The number of anilines is 2. The normalized spacial score (nSPS) is 15.4. The van der Waals surface area contributed by atoms with Crippen molar-refractivity contribution >= 4 is 50.6 Å². The monoisotopic (exact) mass is 436 g/mol. The standard InChI is InChI=1S/C18H21BrN4O2S/c1-12(21-18(25)14-6-7-15(19)26-14)17(24)22-13-5-8-16(20-11-13)23-9-3-2-4-10-23/h5-8,11-12H,2-4,9-10H2,1H3,(H,21,25)(H,22,24). The smallest absolute Gasteiger partial charge is 0.262 e. The van der Waals surface area contributed by atoms with Crippen molar-refractivity contribution in [3.05, 3.63) is 39.1 Å². The highest BCUT2D eigenvalue weighted by molar-refractivity contribution is 9.11. The maximum atomic E-state index is 12.3. The first-order valence-electron chi connectivity index (χ1n) is 8.61. The van der Waals surface area contributed by atoms with E-state index in [-0.39, 0.29) is 11.8 Å². The fourth-order valence-corrected chi connectivity index (χ4v) is 4.08. The largest absolute Gasteiger partial charge is 0.357 e. The highest BCUT2D eigenvalue weighted by Gasteiger charge is 2.18. The number of thiophene rings is 1. The summed E-state index contributed by atoms with van der Waals surface area (Å²) in [6, 6.07) is 6.65. The first-order valence-corrected chi connectivity index (χ1v) is 10.2. The van der Waals surface area contributed by atoms with Gasteiger partial charge in [-0.05, 0) is 66.4 Å². The molecule has 0 radical (unpaired) electrons. The molecule has 1 aliphatic heterocycles. The van der Waals surface area contributed by atoms with Crippen LogP contribution in [0.4, 0.5) is 11.5 Å². The lowest BCUT2D eigenvalue weighted by Gasteiger charge is -2.27. The third-order valence-electron chi connectivity index (χ3n) is 4.23. The van der Waals surface area contributed by atoms with Gasteiger partial charge >= 0.3 is 0 Å². The van der Waals surface area contributed by atoms with Gasteiger partial charge in [0.05, 0.1) is 20.5 Å². The Morgan fingerprint density at radius 1 is 1.19 bits per heavy atom. The number of nitrogens with zero attached hydrogens (tertiary/aromatic N) is 2. The highest BCUT2D eigenvalue weighted by Crippen LogP contribution is 2.22. The summed E-state index contributed by atoms with van der Waals surface area (Å²) in [7, 11) is 0. The Morgan fingerprint density at radius 2 is 1.96 bits per heavy atom. The molecule has 0 aromatic carbocycles. The van der Waals surface area contributed by atoms with Crippen LogP contribution in [0.15, 0.2) is 34.2 Å². The Kier molecular flexibility index (Phi) is 6.26.